The van der Waals surface area contributed by atoms with Gasteiger partial charge in [0.15, 0.2) is 5.78 Å². The maximum atomic E-state index is 13.5. The van der Waals surface area contributed by atoms with E-state index in [0.717, 1.165) is 38.1 Å². The van der Waals surface area contributed by atoms with E-state index in [4.69, 9.17) is 9.47 Å². The molecular weight excluding hydrogens is 624 g/mol. The van der Waals surface area contributed by atoms with Crippen molar-refractivity contribution >= 4 is 56.9 Å². The van der Waals surface area contributed by atoms with Gasteiger partial charge in [-0.25, -0.2) is 0 Å². The third kappa shape index (κ3) is 5.70. The molecule has 0 saturated heterocycles. The van der Waals surface area contributed by atoms with Crippen LogP contribution < -0.4 is 9.47 Å². The Kier molecular flexibility index (Phi) is 8.57. The van der Waals surface area contributed by atoms with Crippen LogP contribution in [0.15, 0.2) is 36.4 Å². The number of hydrogen-bond donors (Lipinski definition) is 1. The number of fused-ring (bicyclic) bond motifs is 1. The zero-order valence-electron chi connectivity index (χ0n) is 17.4. The van der Waals surface area contributed by atoms with E-state index in [2.05, 4.69) is 63.9 Å². The number of para-hydroxylation sites is 1. The molecular formula is C23H25I2NO5. The number of nitrogens with zero attached hydrogens (tertiary/aromatic N) is 1. The SMILES string of the molecule is CCN(CC)CCOc1c(I)cc(C(=O)C2c3ccccc3OC2CC(=O)O)cc1I. The molecule has 0 spiro atoms. The van der Waals surface area contributed by atoms with E-state index < -0.39 is 18.0 Å². The summed E-state index contributed by atoms with van der Waals surface area (Å²) in [6.45, 7) is 7.62. The lowest BCUT2D eigenvalue weighted by molar-refractivity contribution is -0.138. The van der Waals surface area contributed by atoms with Crippen LogP contribution in [0.4, 0.5) is 0 Å². The molecule has 6 nitrogen and oxygen atoms in total. The Morgan fingerprint density at radius 1 is 1.13 bits per heavy atom. The second-order valence-electron chi connectivity index (χ2n) is 7.28. The molecule has 1 heterocycles. The molecule has 1 aliphatic heterocycles. The van der Waals surface area contributed by atoms with Crippen LogP contribution in [0.5, 0.6) is 11.5 Å². The van der Waals surface area contributed by atoms with Crippen LogP contribution in [-0.4, -0.2) is 54.1 Å². The van der Waals surface area contributed by atoms with Crippen molar-refractivity contribution in [3.63, 3.8) is 0 Å². The molecule has 2 unspecified atom stereocenters. The number of carboxylic acid groups (broad SMARTS) is 1. The second-order valence-corrected chi connectivity index (χ2v) is 9.60. The highest BCUT2D eigenvalue weighted by Gasteiger charge is 2.41. The first kappa shape index (κ1) is 24.2. The van der Waals surface area contributed by atoms with Crippen LogP contribution in [0.1, 0.15) is 42.1 Å². The lowest BCUT2D eigenvalue weighted by Gasteiger charge is -2.20. The molecule has 0 bridgehead atoms. The molecule has 0 saturated carbocycles. The zero-order chi connectivity index (χ0) is 22.5. The minimum absolute atomic E-state index is 0.137. The number of carbonyl (C=O) groups is 2. The Bertz CT molecular complexity index is 938. The molecule has 0 amide bonds. The summed E-state index contributed by atoms with van der Waals surface area (Å²) in [7, 11) is 0. The largest absolute Gasteiger partial charge is 0.490 e. The van der Waals surface area contributed by atoms with Gasteiger partial charge in [-0.05, 0) is 76.5 Å². The molecule has 1 N–H and O–H groups in total. The van der Waals surface area contributed by atoms with Gasteiger partial charge in [0.1, 0.15) is 24.2 Å². The Morgan fingerprint density at radius 2 is 1.77 bits per heavy atom. The van der Waals surface area contributed by atoms with Gasteiger partial charge in [-0.3, -0.25) is 9.59 Å². The maximum absolute atomic E-state index is 13.5. The number of hydrogen-bond acceptors (Lipinski definition) is 5. The van der Waals surface area contributed by atoms with Crippen molar-refractivity contribution in [2.45, 2.75) is 32.3 Å². The number of rotatable bonds is 10. The van der Waals surface area contributed by atoms with Gasteiger partial charge in [-0.1, -0.05) is 32.0 Å². The van der Waals surface area contributed by atoms with E-state index in [0.29, 0.717) is 17.9 Å². The molecule has 166 valence electrons. The average molecular weight is 649 g/mol. The molecule has 8 heteroatoms. The minimum Gasteiger partial charge on any atom is -0.490 e. The van der Waals surface area contributed by atoms with Crippen molar-refractivity contribution in [3.8, 4) is 11.5 Å². The number of Topliss-reactive ketones (excluding diaryl/α,β-unsaturated/α-hetero) is 1. The van der Waals surface area contributed by atoms with Gasteiger partial charge in [0.05, 0.1) is 19.5 Å². The Balaban J connectivity index is 1.83. The number of ketones is 1. The zero-order valence-corrected chi connectivity index (χ0v) is 21.8. The van der Waals surface area contributed by atoms with Crippen molar-refractivity contribution in [2.75, 3.05) is 26.2 Å². The summed E-state index contributed by atoms with van der Waals surface area (Å²) in [4.78, 5) is 27.1. The summed E-state index contributed by atoms with van der Waals surface area (Å²) >= 11 is 4.38. The predicted octanol–water partition coefficient (Wildman–Crippen LogP) is 4.82. The molecule has 0 aromatic heterocycles. The average Bonchev–Trinajstić information content (AvgIpc) is 3.09. The van der Waals surface area contributed by atoms with Crippen molar-refractivity contribution in [1.29, 1.82) is 0 Å². The standard InChI is InChI=1S/C23H25I2NO5/c1-3-26(4-2)9-10-30-23-16(24)11-14(12-17(23)25)22(29)21-15-7-5-6-8-18(15)31-19(21)13-20(27)28/h5-8,11-12,19,21H,3-4,9-10,13H2,1-2H3,(H,27,28). The normalized spacial score (nSPS) is 17.3. The highest BCUT2D eigenvalue weighted by molar-refractivity contribution is 14.1. The van der Waals surface area contributed by atoms with Gasteiger partial charge < -0.3 is 19.5 Å². The topological polar surface area (TPSA) is 76.1 Å². The molecule has 31 heavy (non-hydrogen) atoms. The number of likely N-dealkylation sites (N-methyl/N-ethyl adjacent to an activating group) is 1. The number of carbonyl (C=O) groups excluding carboxylic acids is 1. The lowest BCUT2D eigenvalue weighted by atomic mass is 9.86. The Labute approximate surface area is 209 Å². The van der Waals surface area contributed by atoms with Crippen molar-refractivity contribution in [3.05, 3.63) is 54.7 Å². The Morgan fingerprint density at radius 3 is 2.39 bits per heavy atom. The van der Waals surface area contributed by atoms with Crippen LogP contribution >= 0.6 is 45.2 Å². The monoisotopic (exact) mass is 649 g/mol. The molecule has 0 aliphatic carbocycles. The van der Waals surface area contributed by atoms with E-state index in [1.54, 1.807) is 6.07 Å². The third-order valence-corrected chi connectivity index (χ3v) is 7.00. The van der Waals surface area contributed by atoms with Crippen molar-refractivity contribution in [1.82, 2.24) is 4.90 Å². The molecule has 2 aromatic carbocycles. The van der Waals surface area contributed by atoms with Crippen LogP contribution in [0.3, 0.4) is 0 Å². The minimum atomic E-state index is -0.989. The van der Waals surface area contributed by atoms with E-state index in [1.165, 1.54) is 0 Å². The fourth-order valence-electron chi connectivity index (χ4n) is 3.75. The second kappa shape index (κ2) is 11.0. The van der Waals surface area contributed by atoms with Gasteiger partial charge >= 0.3 is 5.97 Å². The molecule has 3 rings (SSSR count). The van der Waals surface area contributed by atoms with Crippen LogP contribution in [0, 0.1) is 7.14 Å². The van der Waals surface area contributed by atoms with Gasteiger partial charge in [0.25, 0.3) is 0 Å². The Hall–Kier alpha value is -1.40. The van der Waals surface area contributed by atoms with Crippen LogP contribution in [0.25, 0.3) is 0 Å². The summed E-state index contributed by atoms with van der Waals surface area (Å²) in [6, 6.07) is 10.9. The number of aliphatic carboxylic acids is 1. The smallest absolute Gasteiger partial charge is 0.307 e. The molecule has 2 aromatic rings. The fourth-order valence-corrected chi connectivity index (χ4v) is 5.83. The van der Waals surface area contributed by atoms with Gasteiger partial charge in [-0.15, -0.1) is 0 Å². The van der Waals surface area contributed by atoms with Gasteiger partial charge in [-0.2, -0.15) is 0 Å². The molecule has 0 radical (unpaired) electrons. The van der Waals surface area contributed by atoms with E-state index in [9.17, 15) is 14.7 Å². The number of halogens is 2. The van der Waals surface area contributed by atoms with E-state index in [-0.39, 0.29) is 12.2 Å². The number of carboxylic acids is 1. The highest BCUT2D eigenvalue weighted by Crippen LogP contribution is 2.42. The quantitative estimate of drug-likeness (QED) is 0.294. The maximum Gasteiger partial charge on any atom is 0.307 e. The first-order valence-electron chi connectivity index (χ1n) is 10.2. The van der Waals surface area contributed by atoms with E-state index >= 15 is 0 Å². The summed E-state index contributed by atoms with van der Waals surface area (Å²) in [5, 5.41) is 9.29. The fraction of sp³-hybridized carbons (Fsp3) is 0.391. The molecule has 2 atom stereocenters. The molecule has 1 aliphatic rings. The summed E-state index contributed by atoms with van der Waals surface area (Å²) in [5.74, 6) is -0.422. The van der Waals surface area contributed by atoms with Crippen molar-refractivity contribution in [2.24, 2.45) is 0 Å². The third-order valence-electron chi connectivity index (χ3n) is 5.39. The van der Waals surface area contributed by atoms with Gasteiger partial charge in [0, 0.05) is 17.7 Å². The van der Waals surface area contributed by atoms with Crippen LogP contribution in [0.2, 0.25) is 0 Å². The lowest BCUT2D eigenvalue weighted by Crippen LogP contribution is -2.28. The first-order valence-corrected chi connectivity index (χ1v) is 12.4. The number of ether oxygens (including phenoxy) is 2. The summed E-state index contributed by atoms with van der Waals surface area (Å²) in [6.07, 6.45) is -0.950. The van der Waals surface area contributed by atoms with Crippen molar-refractivity contribution < 1.29 is 24.2 Å². The first-order chi connectivity index (χ1) is 14.8. The molecule has 0 fully saturated rings. The van der Waals surface area contributed by atoms with E-state index in [1.807, 2.05) is 30.3 Å². The van der Waals surface area contributed by atoms with Crippen LogP contribution in [-0.2, 0) is 4.79 Å². The summed E-state index contributed by atoms with van der Waals surface area (Å²) in [5.41, 5.74) is 1.27. The number of benzene rings is 2. The summed E-state index contributed by atoms with van der Waals surface area (Å²) < 4.78 is 13.6. The predicted molar refractivity (Wildman–Crippen MR) is 135 cm³/mol. The highest BCUT2D eigenvalue weighted by atomic mass is 127. The van der Waals surface area contributed by atoms with Gasteiger partial charge in [0.2, 0.25) is 0 Å².